The van der Waals surface area contributed by atoms with Gasteiger partial charge in [0.1, 0.15) is 11.5 Å². The van der Waals surface area contributed by atoms with Gasteiger partial charge in [-0.3, -0.25) is 0 Å². The largest absolute Gasteiger partial charge is 0.456 e. The maximum absolute atomic E-state index is 12.6. The van der Waals surface area contributed by atoms with Crippen LogP contribution in [0.2, 0.25) is 5.02 Å². The van der Waals surface area contributed by atoms with Crippen LogP contribution in [0.4, 0.5) is 13.2 Å². The molecule has 3 rings (SSSR count). The van der Waals surface area contributed by atoms with Crippen LogP contribution in [-0.2, 0) is 6.18 Å². The van der Waals surface area contributed by atoms with Crippen molar-refractivity contribution < 1.29 is 22.3 Å². The van der Waals surface area contributed by atoms with Crippen LogP contribution in [-0.4, -0.2) is 0 Å². The van der Waals surface area contributed by atoms with Crippen LogP contribution in [0.15, 0.2) is 57.9 Å². The SMILES string of the molecule is O=c1occc2cc(Oc3ccc(C(F)(F)F)cc3Cl)ccc12. The summed E-state index contributed by atoms with van der Waals surface area (Å²) in [5.74, 6) is 0.423. The first-order valence-electron chi connectivity index (χ1n) is 6.41. The second kappa shape index (κ2) is 5.62. The van der Waals surface area contributed by atoms with Gasteiger partial charge >= 0.3 is 11.8 Å². The van der Waals surface area contributed by atoms with E-state index in [9.17, 15) is 18.0 Å². The molecule has 7 heteroatoms. The third-order valence-corrected chi connectivity index (χ3v) is 3.45. The normalized spacial score (nSPS) is 11.7. The van der Waals surface area contributed by atoms with Crippen molar-refractivity contribution in [2.45, 2.75) is 6.18 Å². The number of ether oxygens (including phenoxy) is 1. The molecule has 0 N–H and O–H groups in total. The Balaban J connectivity index is 1.95. The first-order valence-corrected chi connectivity index (χ1v) is 6.78. The number of benzene rings is 2. The number of rotatable bonds is 2. The highest BCUT2D eigenvalue weighted by Crippen LogP contribution is 2.36. The summed E-state index contributed by atoms with van der Waals surface area (Å²) in [6.45, 7) is 0. The Morgan fingerprint density at radius 2 is 1.83 bits per heavy atom. The van der Waals surface area contributed by atoms with Crippen LogP contribution >= 0.6 is 11.6 Å². The van der Waals surface area contributed by atoms with Crippen molar-refractivity contribution in [2.24, 2.45) is 0 Å². The van der Waals surface area contributed by atoms with E-state index < -0.39 is 17.4 Å². The summed E-state index contributed by atoms with van der Waals surface area (Å²) in [7, 11) is 0. The predicted molar refractivity (Wildman–Crippen MR) is 79.0 cm³/mol. The van der Waals surface area contributed by atoms with Gasteiger partial charge in [0.2, 0.25) is 0 Å². The van der Waals surface area contributed by atoms with E-state index in [0.717, 1.165) is 18.2 Å². The Hall–Kier alpha value is -2.47. The Kier molecular flexibility index (Phi) is 3.77. The lowest BCUT2D eigenvalue weighted by atomic mass is 10.2. The monoisotopic (exact) mass is 340 g/mol. The summed E-state index contributed by atoms with van der Waals surface area (Å²) in [4.78, 5) is 11.5. The zero-order valence-electron chi connectivity index (χ0n) is 11.4. The van der Waals surface area contributed by atoms with Crippen LogP contribution in [0.5, 0.6) is 11.5 Å². The van der Waals surface area contributed by atoms with Crippen LogP contribution in [0.25, 0.3) is 10.8 Å². The highest BCUT2D eigenvalue weighted by Gasteiger charge is 2.31. The molecule has 0 spiro atoms. The van der Waals surface area contributed by atoms with Gasteiger partial charge in [-0.05, 0) is 47.9 Å². The molecule has 1 heterocycles. The molecule has 1 aromatic heterocycles. The molecule has 23 heavy (non-hydrogen) atoms. The van der Waals surface area contributed by atoms with E-state index in [2.05, 4.69) is 0 Å². The molecule has 118 valence electrons. The Morgan fingerprint density at radius 1 is 1.04 bits per heavy atom. The van der Waals surface area contributed by atoms with E-state index in [1.54, 1.807) is 12.1 Å². The smallest absolute Gasteiger partial charge is 0.416 e. The van der Waals surface area contributed by atoms with E-state index >= 15 is 0 Å². The average molecular weight is 341 g/mol. The number of hydrogen-bond acceptors (Lipinski definition) is 3. The molecule has 2 aromatic carbocycles. The molecule has 0 fully saturated rings. The molecule has 3 aromatic rings. The van der Waals surface area contributed by atoms with Gasteiger partial charge in [0.15, 0.2) is 0 Å². The van der Waals surface area contributed by atoms with Crippen molar-refractivity contribution in [1.82, 2.24) is 0 Å². The standard InChI is InChI=1S/C16H8ClF3O3/c17-13-8-10(16(18,19)20)1-4-14(13)23-11-2-3-12-9(7-11)5-6-22-15(12)21/h1-8H. The molecule has 0 atom stereocenters. The fourth-order valence-electron chi connectivity index (χ4n) is 2.05. The molecule has 0 bridgehead atoms. The second-order valence-corrected chi connectivity index (χ2v) is 5.11. The fraction of sp³-hybridized carbons (Fsp3) is 0.0625. The fourth-order valence-corrected chi connectivity index (χ4v) is 2.27. The van der Waals surface area contributed by atoms with Crippen molar-refractivity contribution >= 4 is 22.4 Å². The minimum absolute atomic E-state index is 0.0852. The second-order valence-electron chi connectivity index (χ2n) is 4.70. The van der Waals surface area contributed by atoms with Gasteiger partial charge in [-0.15, -0.1) is 0 Å². The van der Waals surface area contributed by atoms with Crippen LogP contribution in [0.3, 0.4) is 0 Å². The lowest BCUT2D eigenvalue weighted by molar-refractivity contribution is -0.137. The molecule has 0 aliphatic heterocycles. The summed E-state index contributed by atoms with van der Waals surface area (Å²) in [6.07, 6.45) is -3.22. The summed E-state index contributed by atoms with van der Waals surface area (Å²) in [5, 5.41) is 0.799. The summed E-state index contributed by atoms with van der Waals surface area (Å²) >= 11 is 5.84. The maximum atomic E-state index is 12.6. The Morgan fingerprint density at radius 3 is 2.52 bits per heavy atom. The number of halogens is 4. The maximum Gasteiger partial charge on any atom is 0.416 e. The van der Waals surface area contributed by atoms with Crippen LogP contribution in [0, 0.1) is 0 Å². The molecule has 0 amide bonds. The van der Waals surface area contributed by atoms with Gasteiger partial charge in [-0.25, -0.2) is 4.79 Å². The zero-order chi connectivity index (χ0) is 16.6. The van der Waals surface area contributed by atoms with Gasteiger partial charge in [0.25, 0.3) is 0 Å². The van der Waals surface area contributed by atoms with Gasteiger partial charge in [0.05, 0.1) is 22.2 Å². The van der Waals surface area contributed by atoms with E-state index in [1.165, 1.54) is 18.4 Å². The molecular formula is C16H8ClF3O3. The molecule has 0 saturated carbocycles. The first-order chi connectivity index (χ1) is 10.8. The third kappa shape index (κ3) is 3.17. The Labute approximate surface area is 132 Å². The number of hydrogen-bond donors (Lipinski definition) is 0. The molecule has 0 aliphatic rings. The van der Waals surface area contributed by atoms with Crippen LogP contribution in [0.1, 0.15) is 5.56 Å². The van der Waals surface area contributed by atoms with Crippen molar-refractivity contribution in [2.75, 3.05) is 0 Å². The van der Waals surface area contributed by atoms with E-state index in [1.807, 2.05) is 0 Å². The molecule has 0 saturated heterocycles. The van der Waals surface area contributed by atoms with Crippen molar-refractivity contribution in [3.05, 3.63) is 69.7 Å². The lowest BCUT2D eigenvalue weighted by Gasteiger charge is -2.11. The molecular weight excluding hydrogens is 333 g/mol. The summed E-state index contributed by atoms with van der Waals surface area (Å²) in [6, 6.07) is 9.00. The van der Waals surface area contributed by atoms with Crippen molar-refractivity contribution in [3.63, 3.8) is 0 Å². The quantitative estimate of drug-likeness (QED) is 0.639. The highest BCUT2D eigenvalue weighted by atomic mass is 35.5. The molecule has 3 nitrogen and oxygen atoms in total. The summed E-state index contributed by atoms with van der Waals surface area (Å²) in [5.41, 5.74) is -1.34. The van der Waals surface area contributed by atoms with E-state index in [4.69, 9.17) is 20.8 Å². The average Bonchev–Trinajstić information content (AvgIpc) is 2.48. The van der Waals surface area contributed by atoms with Gasteiger partial charge < -0.3 is 9.15 Å². The third-order valence-electron chi connectivity index (χ3n) is 3.15. The first kappa shape index (κ1) is 15.4. The van der Waals surface area contributed by atoms with Gasteiger partial charge in [-0.1, -0.05) is 11.6 Å². The Bertz CT molecular complexity index is 932. The van der Waals surface area contributed by atoms with Crippen molar-refractivity contribution in [1.29, 1.82) is 0 Å². The van der Waals surface area contributed by atoms with Gasteiger partial charge in [0, 0.05) is 0 Å². The molecule has 0 unspecified atom stereocenters. The zero-order valence-corrected chi connectivity index (χ0v) is 12.1. The van der Waals surface area contributed by atoms with E-state index in [-0.39, 0.29) is 10.8 Å². The van der Waals surface area contributed by atoms with Crippen LogP contribution < -0.4 is 10.4 Å². The number of alkyl halides is 3. The number of fused-ring (bicyclic) bond motifs is 1. The topological polar surface area (TPSA) is 39.4 Å². The minimum Gasteiger partial charge on any atom is -0.456 e. The lowest BCUT2D eigenvalue weighted by Crippen LogP contribution is -2.04. The molecule has 0 aliphatic carbocycles. The summed E-state index contributed by atoms with van der Waals surface area (Å²) < 4.78 is 48.0. The highest BCUT2D eigenvalue weighted by molar-refractivity contribution is 6.32. The minimum atomic E-state index is -4.47. The predicted octanol–water partition coefficient (Wildman–Crippen LogP) is 5.26. The van der Waals surface area contributed by atoms with Gasteiger partial charge in [-0.2, -0.15) is 13.2 Å². The van der Waals surface area contributed by atoms with E-state index in [0.29, 0.717) is 16.5 Å². The molecule has 0 radical (unpaired) electrons. The van der Waals surface area contributed by atoms with Crippen molar-refractivity contribution in [3.8, 4) is 11.5 Å².